The van der Waals surface area contributed by atoms with Crippen LogP contribution in [0.1, 0.15) is 44.5 Å². The van der Waals surface area contributed by atoms with Gasteiger partial charge in [0.1, 0.15) is 0 Å². The van der Waals surface area contributed by atoms with Crippen molar-refractivity contribution in [2.45, 2.75) is 52.3 Å². The zero-order valence-corrected chi connectivity index (χ0v) is 11.4. The van der Waals surface area contributed by atoms with Crippen molar-refractivity contribution in [1.29, 1.82) is 0 Å². The smallest absolute Gasteiger partial charge is 0.0621 e. The summed E-state index contributed by atoms with van der Waals surface area (Å²) in [5, 5.41) is 17.6. The van der Waals surface area contributed by atoms with Gasteiger partial charge in [0.05, 0.1) is 12.3 Å². The lowest BCUT2D eigenvalue weighted by Crippen LogP contribution is -2.60. The molecule has 1 saturated carbocycles. The van der Waals surface area contributed by atoms with Gasteiger partial charge in [-0.1, -0.05) is 13.8 Å². The molecular weight excluding hydrogens is 214 g/mol. The molecule has 1 aliphatic rings. The molecule has 0 aromatic carbocycles. The van der Waals surface area contributed by atoms with E-state index < -0.39 is 0 Å². The molecule has 0 spiro atoms. The fourth-order valence-electron chi connectivity index (χ4n) is 2.52. The van der Waals surface area contributed by atoms with E-state index in [1.54, 1.807) is 0 Å². The maximum Gasteiger partial charge on any atom is 0.0621 e. The molecule has 2 N–H and O–H groups in total. The molecule has 3 unspecified atom stereocenters. The van der Waals surface area contributed by atoms with Gasteiger partial charge >= 0.3 is 0 Å². The van der Waals surface area contributed by atoms with E-state index in [1.165, 1.54) is 11.3 Å². The lowest BCUT2D eigenvalue weighted by atomic mass is 9.64. The topological polar surface area (TPSA) is 50.1 Å². The van der Waals surface area contributed by atoms with Crippen LogP contribution in [-0.4, -0.2) is 27.0 Å². The van der Waals surface area contributed by atoms with Gasteiger partial charge in [0.2, 0.25) is 0 Å². The molecule has 1 aliphatic carbocycles. The van der Waals surface area contributed by atoms with Gasteiger partial charge in [0.25, 0.3) is 0 Å². The van der Waals surface area contributed by atoms with Crippen LogP contribution < -0.4 is 5.32 Å². The van der Waals surface area contributed by atoms with Gasteiger partial charge in [-0.2, -0.15) is 5.10 Å². The third-order valence-electron chi connectivity index (χ3n) is 4.41. The van der Waals surface area contributed by atoms with Crippen LogP contribution in [-0.2, 0) is 7.05 Å². The number of aromatic nitrogens is 2. The van der Waals surface area contributed by atoms with Crippen molar-refractivity contribution in [1.82, 2.24) is 15.1 Å². The standard InChI is InChI=1S/C13H23N3O/c1-8(10-7-14-16(5)9(10)2)15-11-6-12(17)13(11,3)4/h7-8,11-12,15,17H,6H2,1-5H3. The van der Waals surface area contributed by atoms with Gasteiger partial charge in [0, 0.05) is 35.8 Å². The van der Waals surface area contributed by atoms with E-state index in [9.17, 15) is 5.11 Å². The van der Waals surface area contributed by atoms with Gasteiger partial charge < -0.3 is 10.4 Å². The lowest BCUT2D eigenvalue weighted by Gasteiger charge is -2.50. The predicted octanol–water partition coefficient (Wildman–Crippen LogP) is 1.54. The number of hydrogen-bond acceptors (Lipinski definition) is 3. The molecular formula is C13H23N3O. The summed E-state index contributed by atoms with van der Waals surface area (Å²) < 4.78 is 1.90. The maximum absolute atomic E-state index is 9.73. The number of aliphatic hydroxyl groups excluding tert-OH is 1. The first kappa shape index (κ1) is 12.6. The van der Waals surface area contributed by atoms with E-state index in [2.05, 4.69) is 38.1 Å². The van der Waals surface area contributed by atoms with Gasteiger partial charge in [-0.3, -0.25) is 4.68 Å². The van der Waals surface area contributed by atoms with Crippen molar-refractivity contribution in [3.63, 3.8) is 0 Å². The molecule has 0 radical (unpaired) electrons. The van der Waals surface area contributed by atoms with Crippen molar-refractivity contribution in [3.8, 4) is 0 Å². The Bertz CT molecular complexity index is 411. The van der Waals surface area contributed by atoms with Crippen molar-refractivity contribution in [3.05, 3.63) is 17.5 Å². The largest absolute Gasteiger partial charge is 0.392 e. The van der Waals surface area contributed by atoms with Crippen LogP contribution in [0, 0.1) is 12.3 Å². The van der Waals surface area contributed by atoms with Gasteiger partial charge in [0.15, 0.2) is 0 Å². The van der Waals surface area contributed by atoms with Crippen LogP contribution in [0.5, 0.6) is 0 Å². The van der Waals surface area contributed by atoms with E-state index in [-0.39, 0.29) is 17.6 Å². The second kappa shape index (κ2) is 4.10. The van der Waals surface area contributed by atoms with E-state index >= 15 is 0 Å². The van der Waals surface area contributed by atoms with E-state index in [4.69, 9.17) is 0 Å². The number of aliphatic hydroxyl groups is 1. The van der Waals surface area contributed by atoms with Crippen LogP contribution in [0.3, 0.4) is 0 Å². The number of hydrogen-bond donors (Lipinski definition) is 2. The first-order chi connectivity index (χ1) is 7.84. The van der Waals surface area contributed by atoms with Crippen LogP contribution in [0.4, 0.5) is 0 Å². The third kappa shape index (κ3) is 2.00. The molecule has 17 heavy (non-hydrogen) atoms. The molecule has 96 valence electrons. The van der Waals surface area contributed by atoms with Crippen molar-refractivity contribution >= 4 is 0 Å². The number of nitrogens with one attached hydrogen (secondary N) is 1. The normalized spacial score (nSPS) is 28.8. The Kier molecular flexibility index (Phi) is 3.04. The zero-order chi connectivity index (χ0) is 12.8. The van der Waals surface area contributed by atoms with Gasteiger partial charge in [-0.05, 0) is 20.3 Å². The van der Waals surface area contributed by atoms with Gasteiger partial charge in [-0.15, -0.1) is 0 Å². The SMILES string of the molecule is Cc1c(C(C)NC2CC(O)C2(C)C)cnn1C. The second-order valence-corrected chi connectivity index (χ2v) is 5.82. The van der Waals surface area contributed by atoms with Crippen LogP contribution in [0.25, 0.3) is 0 Å². The molecule has 1 fully saturated rings. The number of nitrogens with zero attached hydrogens (tertiary/aromatic N) is 2. The van der Waals surface area contributed by atoms with Crippen molar-refractivity contribution < 1.29 is 5.11 Å². The Labute approximate surface area is 103 Å². The highest BCUT2D eigenvalue weighted by atomic mass is 16.3. The highest BCUT2D eigenvalue weighted by molar-refractivity contribution is 5.20. The number of rotatable bonds is 3. The summed E-state index contributed by atoms with van der Waals surface area (Å²) >= 11 is 0. The summed E-state index contributed by atoms with van der Waals surface area (Å²) in [6.07, 6.45) is 2.59. The highest BCUT2D eigenvalue weighted by Crippen LogP contribution is 2.41. The highest BCUT2D eigenvalue weighted by Gasteiger charge is 2.47. The lowest BCUT2D eigenvalue weighted by molar-refractivity contribution is -0.0755. The molecule has 1 aromatic rings. The first-order valence-corrected chi connectivity index (χ1v) is 6.26. The Morgan fingerprint density at radius 3 is 2.65 bits per heavy atom. The minimum absolute atomic E-state index is 0.0234. The molecule has 4 heteroatoms. The molecule has 1 aromatic heterocycles. The monoisotopic (exact) mass is 237 g/mol. The Morgan fingerprint density at radius 2 is 2.24 bits per heavy atom. The minimum atomic E-state index is -0.179. The van der Waals surface area contributed by atoms with Crippen LogP contribution in [0.15, 0.2) is 6.20 Å². The van der Waals surface area contributed by atoms with Crippen LogP contribution >= 0.6 is 0 Å². The fourth-order valence-corrected chi connectivity index (χ4v) is 2.52. The van der Waals surface area contributed by atoms with E-state index in [1.807, 2.05) is 17.9 Å². The molecule has 3 atom stereocenters. The summed E-state index contributed by atoms with van der Waals surface area (Å²) in [6.45, 7) is 8.47. The molecule has 2 rings (SSSR count). The van der Waals surface area contributed by atoms with E-state index in [0.717, 1.165) is 6.42 Å². The van der Waals surface area contributed by atoms with E-state index in [0.29, 0.717) is 6.04 Å². The predicted molar refractivity (Wildman–Crippen MR) is 67.7 cm³/mol. The molecule has 1 heterocycles. The summed E-state index contributed by atoms with van der Waals surface area (Å²) in [4.78, 5) is 0. The quantitative estimate of drug-likeness (QED) is 0.838. The minimum Gasteiger partial charge on any atom is -0.392 e. The summed E-state index contributed by atoms with van der Waals surface area (Å²) in [6, 6.07) is 0.660. The Morgan fingerprint density at radius 1 is 1.59 bits per heavy atom. The summed E-state index contributed by atoms with van der Waals surface area (Å²) in [7, 11) is 1.96. The average molecular weight is 237 g/mol. The Hall–Kier alpha value is -0.870. The Balaban J connectivity index is 2.03. The molecule has 0 amide bonds. The molecule has 0 aliphatic heterocycles. The van der Waals surface area contributed by atoms with Crippen LogP contribution in [0.2, 0.25) is 0 Å². The average Bonchev–Trinajstić information content (AvgIpc) is 2.59. The zero-order valence-electron chi connectivity index (χ0n) is 11.4. The summed E-state index contributed by atoms with van der Waals surface area (Å²) in [5.74, 6) is 0. The summed E-state index contributed by atoms with van der Waals surface area (Å²) in [5.41, 5.74) is 2.41. The molecule has 0 bridgehead atoms. The molecule has 0 saturated heterocycles. The first-order valence-electron chi connectivity index (χ1n) is 6.26. The second-order valence-electron chi connectivity index (χ2n) is 5.82. The van der Waals surface area contributed by atoms with Crippen molar-refractivity contribution in [2.75, 3.05) is 0 Å². The maximum atomic E-state index is 9.73. The third-order valence-corrected chi connectivity index (χ3v) is 4.41. The fraction of sp³-hybridized carbons (Fsp3) is 0.769. The van der Waals surface area contributed by atoms with Crippen molar-refractivity contribution in [2.24, 2.45) is 12.5 Å². The van der Waals surface area contributed by atoms with Gasteiger partial charge in [-0.25, -0.2) is 0 Å². The molecule has 4 nitrogen and oxygen atoms in total. The number of aryl methyl sites for hydroxylation is 1.